The highest BCUT2D eigenvalue weighted by Crippen LogP contribution is 2.33. The number of benzene rings is 1. The van der Waals surface area contributed by atoms with E-state index < -0.39 is 0 Å². The minimum atomic E-state index is 0.377. The van der Waals surface area contributed by atoms with Gasteiger partial charge in [-0.25, -0.2) is 0 Å². The molecule has 100 valence electrons. The van der Waals surface area contributed by atoms with E-state index in [0.29, 0.717) is 6.04 Å². The Hall–Kier alpha value is -1.81. The topological polar surface area (TPSA) is 49.9 Å². The molecule has 4 heteroatoms. The monoisotopic (exact) mass is 257 g/mol. The maximum Gasteiger partial charge on any atom is 0.118 e. The van der Waals surface area contributed by atoms with Crippen LogP contribution < -0.4 is 10.1 Å². The second-order valence-electron chi connectivity index (χ2n) is 4.99. The van der Waals surface area contributed by atoms with Gasteiger partial charge in [0.2, 0.25) is 0 Å². The molecule has 1 aliphatic rings. The van der Waals surface area contributed by atoms with Gasteiger partial charge in [0.05, 0.1) is 18.8 Å². The summed E-state index contributed by atoms with van der Waals surface area (Å²) in [4.78, 5) is 0. The van der Waals surface area contributed by atoms with Crippen LogP contribution in [0, 0.1) is 6.92 Å². The molecule has 3 rings (SSSR count). The van der Waals surface area contributed by atoms with Crippen LogP contribution >= 0.6 is 0 Å². The van der Waals surface area contributed by atoms with Gasteiger partial charge in [-0.1, -0.05) is 12.1 Å². The molecule has 0 bridgehead atoms. The van der Waals surface area contributed by atoms with Crippen LogP contribution in [0.5, 0.6) is 5.75 Å². The quantitative estimate of drug-likeness (QED) is 0.889. The summed E-state index contributed by atoms with van der Waals surface area (Å²) in [5, 5.41) is 11.1. The molecule has 1 atom stereocenters. The van der Waals surface area contributed by atoms with Crippen molar-refractivity contribution in [3.8, 4) is 16.9 Å². The molecule has 0 aliphatic carbocycles. The highest BCUT2D eigenvalue weighted by molar-refractivity contribution is 5.69. The van der Waals surface area contributed by atoms with Crippen LogP contribution in [0.2, 0.25) is 0 Å². The third-order valence-corrected chi connectivity index (χ3v) is 3.74. The van der Waals surface area contributed by atoms with Crippen molar-refractivity contribution in [2.75, 3.05) is 13.7 Å². The van der Waals surface area contributed by atoms with E-state index in [2.05, 4.69) is 34.6 Å². The number of aromatic nitrogens is 2. The van der Waals surface area contributed by atoms with Gasteiger partial charge in [0, 0.05) is 11.3 Å². The molecule has 1 aromatic carbocycles. The van der Waals surface area contributed by atoms with Gasteiger partial charge in [-0.3, -0.25) is 5.10 Å². The van der Waals surface area contributed by atoms with Crippen LogP contribution in [-0.2, 0) is 0 Å². The summed E-state index contributed by atoms with van der Waals surface area (Å²) in [6, 6.07) is 8.55. The first-order valence-corrected chi connectivity index (χ1v) is 6.72. The summed E-state index contributed by atoms with van der Waals surface area (Å²) in [7, 11) is 1.69. The van der Waals surface area contributed by atoms with Gasteiger partial charge < -0.3 is 10.1 Å². The summed E-state index contributed by atoms with van der Waals surface area (Å²) in [5.74, 6) is 0.880. The zero-order chi connectivity index (χ0) is 13.2. The number of hydrogen-bond donors (Lipinski definition) is 2. The van der Waals surface area contributed by atoms with Crippen LogP contribution in [-0.4, -0.2) is 23.9 Å². The van der Waals surface area contributed by atoms with Gasteiger partial charge in [-0.2, -0.15) is 5.10 Å². The predicted molar refractivity (Wildman–Crippen MR) is 75.3 cm³/mol. The number of hydrogen-bond acceptors (Lipinski definition) is 3. The number of nitrogens with one attached hydrogen (secondary N) is 2. The highest BCUT2D eigenvalue weighted by atomic mass is 16.5. The maximum atomic E-state index is 5.21. The lowest BCUT2D eigenvalue weighted by Crippen LogP contribution is -2.14. The maximum absolute atomic E-state index is 5.21. The molecule has 2 aromatic rings. The number of aromatic amines is 1. The smallest absolute Gasteiger partial charge is 0.118 e. The molecule has 1 aromatic heterocycles. The Bertz CT molecular complexity index is 553. The van der Waals surface area contributed by atoms with Crippen molar-refractivity contribution < 1.29 is 4.74 Å². The molecule has 19 heavy (non-hydrogen) atoms. The standard InChI is InChI=1S/C15H19N3O/c1-10-14(11-5-7-12(19-2)8-6-11)15(18-17-10)13-4-3-9-16-13/h5-8,13,16H,3-4,9H2,1-2H3,(H,17,18). The Balaban J connectivity index is 2.00. The van der Waals surface area contributed by atoms with Crippen LogP contribution in [0.15, 0.2) is 24.3 Å². The lowest BCUT2D eigenvalue weighted by atomic mass is 9.99. The summed E-state index contributed by atoms with van der Waals surface area (Å²) in [5.41, 5.74) is 4.67. The molecule has 1 unspecified atom stereocenters. The molecule has 1 aliphatic heterocycles. The molecule has 2 N–H and O–H groups in total. The van der Waals surface area contributed by atoms with E-state index in [-0.39, 0.29) is 0 Å². The molecular formula is C15H19N3O. The van der Waals surface area contributed by atoms with Crippen molar-refractivity contribution in [2.45, 2.75) is 25.8 Å². The fourth-order valence-corrected chi connectivity index (χ4v) is 2.74. The van der Waals surface area contributed by atoms with E-state index in [1.807, 2.05) is 12.1 Å². The van der Waals surface area contributed by atoms with E-state index >= 15 is 0 Å². The Morgan fingerprint density at radius 1 is 1.26 bits per heavy atom. The summed E-state index contributed by atoms with van der Waals surface area (Å²) < 4.78 is 5.21. The Morgan fingerprint density at radius 3 is 2.68 bits per heavy atom. The van der Waals surface area contributed by atoms with E-state index in [0.717, 1.165) is 30.1 Å². The molecule has 1 fully saturated rings. The molecule has 0 radical (unpaired) electrons. The normalized spacial score (nSPS) is 18.7. The highest BCUT2D eigenvalue weighted by Gasteiger charge is 2.23. The minimum absolute atomic E-state index is 0.377. The van der Waals surface area contributed by atoms with E-state index in [4.69, 9.17) is 4.74 Å². The average Bonchev–Trinajstić information content (AvgIpc) is 3.08. The minimum Gasteiger partial charge on any atom is -0.497 e. The third-order valence-electron chi connectivity index (χ3n) is 3.74. The molecular weight excluding hydrogens is 238 g/mol. The first kappa shape index (κ1) is 12.2. The fourth-order valence-electron chi connectivity index (χ4n) is 2.74. The Morgan fingerprint density at radius 2 is 2.05 bits per heavy atom. The van der Waals surface area contributed by atoms with Crippen LogP contribution in [0.25, 0.3) is 11.1 Å². The second kappa shape index (κ2) is 5.05. The molecule has 0 amide bonds. The first-order chi connectivity index (χ1) is 9.29. The number of nitrogens with zero attached hydrogens (tertiary/aromatic N) is 1. The van der Waals surface area contributed by atoms with Gasteiger partial charge in [0.25, 0.3) is 0 Å². The van der Waals surface area contributed by atoms with E-state index in [1.54, 1.807) is 7.11 Å². The van der Waals surface area contributed by atoms with Crippen molar-refractivity contribution in [3.05, 3.63) is 35.7 Å². The number of ether oxygens (including phenoxy) is 1. The van der Waals surface area contributed by atoms with Crippen molar-refractivity contribution in [3.63, 3.8) is 0 Å². The van der Waals surface area contributed by atoms with Crippen LogP contribution in [0.1, 0.15) is 30.3 Å². The van der Waals surface area contributed by atoms with Gasteiger partial charge in [0.1, 0.15) is 5.75 Å². The molecule has 2 heterocycles. The number of H-pyrrole nitrogens is 1. The van der Waals surface area contributed by atoms with Gasteiger partial charge in [0.15, 0.2) is 0 Å². The van der Waals surface area contributed by atoms with Crippen LogP contribution in [0.3, 0.4) is 0 Å². The summed E-state index contributed by atoms with van der Waals surface area (Å²) >= 11 is 0. The van der Waals surface area contributed by atoms with Crippen molar-refractivity contribution in [1.29, 1.82) is 0 Å². The largest absolute Gasteiger partial charge is 0.497 e. The third kappa shape index (κ3) is 2.24. The van der Waals surface area contributed by atoms with Crippen molar-refractivity contribution >= 4 is 0 Å². The first-order valence-electron chi connectivity index (χ1n) is 6.72. The zero-order valence-corrected chi connectivity index (χ0v) is 11.4. The number of methoxy groups -OCH3 is 1. The predicted octanol–water partition coefficient (Wildman–Crippen LogP) is 2.82. The summed E-state index contributed by atoms with van der Waals surface area (Å²) in [6.07, 6.45) is 2.38. The number of aryl methyl sites for hydroxylation is 1. The lowest BCUT2D eigenvalue weighted by molar-refractivity contribution is 0.415. The molecule has 4 nitrogen and oxygen atoms in total. The van der Waals surface area contributed by atoms with Crippen LogP contribution in [0.4, 0.5) is 0 Å². The van der Waals surface area contributed by atoms with E-state index in [1.165, 1.54) is 17.5 Å². The number of rotatable bonds is 3. The molecule has 0 spiro atoms. The van der Waals surface area contributed by atoms with E-state index in [9.17, 15) is 0 Å². The summed E-state index contributed by atoms with van der Waals surface area (Å²) in [6.45, 7) is 3.16. The second-order valence-corrected chi connectivity index (χ2v) is 4.99. The van der Waals surface area contributed by atoms with Crippen molar-refractivity contribution in [2.24, 2.45) is 0 Å². The Labute approximate surface area is 113 Å². The van der Waals surface area contributed by atoms with Gasteiger partial charge in [-0.05, 0) is 44.0 Å². The van der Waals surface area contributed by atoms with Crippen molar-refractivity contribution in [1.82, 2.24) is 15.5 Å². The van der Waals surface area contributed by atoms with Gasteiger partial charge in [-0.15, -0.1) is 0 Å². The Kier molecular flexibility index (Phi) is 3.25. The fraction of sp³-hybridized carbons (Fsp3) is 0.400. The lowest BCUT2D eigenvalue weighted by Gasteiger charge is -2.11. The average molecular weight is 257 g/mol. The SMILES string of the molecule is COc1ccc(-c2c(C3CCCN3)n[nH]c2C)cc1. The van der Waals surface area contributed by atoms with Gasteiger partial charge >= 0.3 is 0 Å². The zero-order valence-electron chi connectivity index (χ0n) is 11.4. The molecule has 1 saturated heterocycles. The molecule has 0 saturated carbocycles.